The standard InChI is InChI=1S/C8H18ClOSi.C4H9.Mg/c1-11(2)10-8-6-4-3-5-7-9;1-4(2)3;/h3-8H2,1-2H3;1-3H3;. The molecule has 0 aliphatic carbocycles. The molecule has 94 valence electrons. The zero-order valence-electron chi connectivity index (χ0n) is 11.7. The van der Waals surface area contributed by atoms with Crippen molar-refractivity contribution in [3.05, 3.63) is 0 Å². The van der Waals surface area contributed by atoms with Crippen LogP contribution < -0.4 is 0 Å². The summed E-state index contributed by atoms with van der Waals surface area (Å²) in [4.78, 5) is 0. The van der Waals surface area contributed by atoms with Crippen molar-refractivity contribution >= 4 is 37.2 Å². The summed E-state index contributed by atoms with van der Waals surface area (Å²) in [6.45, 7) is 12.8. The molecule has 0 N–H and O–H groups in total. The van der Waals surface area contributed by atoms with Crippen LogP contribution >= 0.6 is 11.6 Å². The van der Waals surface area contributed by atoms with Gasteiger partial charge in [-0.15, -0.1) is 15.1 Å². The first kappa shape index (κ1) is 17.2. The van der Waals surface area contributed by atoms with E-state index in [1.807, 2.05) is 0 Å². The second-order valence-corrected chi connectivity index (χ2v) is 19.3. The fourth-order valence-electron chi connectivity index (χ4n) is 2.23. The Kier molecular flexibility index (Phi) is 9.00. The van der Waals surface area contributed by atoms with Gasteiger partial charge in [-0.1, -0.05) is 46.7 Å². The molecule has 0 aromatic heterocycles. The van der Waals surface area contributed by atoms with Crippen LogP contribution in [-0.2, 0) is 4.43 Å². The third-order valence-corrected chi connectivity index (χ3v) is 12.0. The SMILES string of the molecule is C[C](C)(C)[Mg][Si](C)(C)OCCCCCCCl. The van der Waals surface area contributed by atoms with Crippen LogP contribution in [0.1, 0.15) is 46.5 Å². The molecule has 0 spiro atoms. The quantitative estimate of drug-likeness (QED) is 0.362. The normalized spacial score (nSPS) is 12.6. The van der Waals surface area contributed by atoms with Crippen molar-refractivity contribution in [2.45, 2.75) is 63.1 Å². The van der Waals surface area contributed by atoms with E-state index in [9.17, 15) is 0 Å². The zero-order chi connectivity index (χ0) is 12.7. The van der Waals surface area contributed by atoms with Crippen LogP contribution in [0.15, 0.2) is 0 Å². The predicted octanol–water partition coefficient (Wildman–Crippen LogP) is 4.43. The monoisotopic (exact) mass is 274 g/mol. The maximum absolute atomic E-state index is 6.15. The molecule has 0 radical (unpaired) electrons. The highest BCUT2D eigenvalue weighted by Gasteiger charge is 2.32. The molecule has 0 amide bonds. The fraction of sp³-hybridized carbons (Fsp3) is 1.00. The van der Waals surface area contributed by atoms with Crippen molar-refractivity contribution in [1.29, 1.82) is 0 Å². The Morgan fingerprint density at radius 1 is 1.06 bits per heavy atom. The molecule has 1 nitrogen and oxygen atoms in total. The topological polar surface area (TPSA) is 9.23 Å². The van der Waals surface area contributed by atoms with Gasteiger partial charge in [0.2, 0.25) is 0 Å². The molecule has 0 fully saturated rings. The molecule has 4 heteroatoms. The van der Waals surface area contributed by atoms with Gasteiger partial charge < -0.3 is 4.43 Å². The van der Waals surface area contributed by atoms with E-state index in [0.29, 0.717) is 3.54 Å². The van der Waals surface area contributed by atoms with Gasteiger partial charge in [0.05, 0.1) is 5.97 Å². The summed E-state index contributed by atoms with van der Waals surface area (Å²) in [5, 5.41) is 0. The van der Waals surface area contributed by atoms with Crippen molar-refractivity contribution in [3.8, 4) is 0 Å². The summed E-state index contributed by atoms with van der Waals surface area (Å²) >= 11 is 5.57. The molecule has 16 heavy (non-hydrogen) atoms. The number of hydrogen-bond donors (Lipinski definition) is 0. The van der Waals surface area contributed by atoms with Crippen molar-refractivity contribution in [2.24, 2.45) is 0 Å². The van der Waals surface area contributed by atoms with Crippen LogP contribution in [0.25, 0.3) is 0 Å². The van der Waals surface area contributed by atoms with Gasteiger partial charge in [0.25, 0.3) is 0 Å². The zero-order valence-corrected chi connectivity index (χ0v) is 14.9. The van der Waals surface area contributed by atoms with Crippen molar-refractivity contribution in [2.75, 3.05) is 12.5 Å². The number of rotatable bonds is 8. The van der Waals surface area contributed by atoms with Crippen LogP contribution in [0.5, 0.6) is 0 Å². The second-order valence-electron chi connectivity index (χ2n) is 6.45. The van der Waals surface area contributed by atoms with E-state index >= 15 is 0 Å². The molecule has 0 aliphatic heterocycles. The Labute approximate surface area is 117 Å². The lowest BCUT2D eigenvalue weighted by atomic mass is 10.2. The number of unbranched alkanes of at least 4 members (excludes halogenated alkanes) is 3. The first-order chi connectivity index (χ1) is 7.27. The lowest BCUT2D eigenvalue weighted by molar-refractivity contribution is 0.305. The largest absolute Gasteiger partial charge is 0.444 e. The van der Waals surface area contributed by atoms with Gasteiger partial charge >= 0.3 is 19.6 Å². The Bertz CT molecular complexity index is 180. The minimum atomic E-state index is -1.29. The molecule has 0 aromatic carbocycles. The van der Waals surface area contributed by atoms with Crippen molar-refractivity contribution in [3.63, 3.8) is 0 Å². The Balaban J connectivity index is 3.58. The van der Waals surface area contributed by atoms with E-state index in [1.165, 1.54) is 19.3 Å². The molecule has 0 unspecified atom stereocenters. The van der Waals surface area contributed by atoms with E-state index in [0.717, 1.165) is 18.9 Å². The molecular weight excluding hydrogens is 248 g/mol. The van der Waals surface area contributed by atoms with Crippen LogP contribution in [0.3, 0.4) is 0 Å². The van der Waals surface area contributed by atoms with E-state index in [2.05, 4.69) is 33.9 Å². The summed E-state index contributed by atoms with van der Waals surface area (Å²) in [5.41, 5.74) is 0. The minimum absolute atomic E-state index is 0.0707. The Hall–Kier alpha value is 1.23. The van der Waals surface area contributed by atoms with Crippen molar-refractivity contribution in [1.82, 2.24) is 0 Å². The molecule has 0 aliphatic rings. The fourth-order valence-corrected chi connectivity index (χ4v) is 14.2. The summed E-state index contributed by atoms with van der Waals surface area (Å²) in [5.74, 6) is -0.491. The molecule has 0 saturated carbocycles. The average Bonchev–Trinajstić information content (AvgIpc) is 2.06. The maximum atomic E-state index is 6.15. The lowest BCUT2D eigenvalue weighted by Gasteiger charge is -2.30. The number of hydrogen-bond acceptors (Lipinski definition) is 1. The summed E-state index contributed by atoms with van der Waals surface area (Å²) in [6.07, 6.45) is 4.89. The molecule has 0 bridgehead atoms. The molecular formula is C12H27ClMgOSi. The van der Waals surface area contributed by atoms with E-state index in [-0.39, 0.29) is 19.6 Å². The molecule has 0 heterocycles. The Morgan fingerprint density at radius 3 is 2.12 bits per heavy atom. The smallest absolute Gasteiger partial charge is 0.413 e. The van der Waals surface area contributed by atoms with Gasteiger partial charge in [-0.25, -0.2) is 0 Å². The maximum Gasteiger partial charge on any atom is 0.413 e. The average molecular weight is 275 g/mol. The summed E-state index contributed by atoms with van der Waals surface area (Å²) in [7, 11) is 0. The van der Waals surface area contributed by atoms with Gasteiger partial charge in [-0.2, -0.15) is 0 Å². The Morgan fingerprint density at radius 2 is 1.62 bits per heavy atom. The first-order valence-corrected chi connectivity index (χ1v) is 12.9. The highest BCUT2D eigenvalue weighted by atomic mass is 35.5. The molecule has 0 rings (SSSR count). The van der Waals surface area contributed by atoms with Gasteiger partial charge in [0.15, 0.2) is 0 Å². The predicted molar refractivity (Wildman–Crippen MR) is 78.1 cm³/mol. The third-order valence-electron chi connectivity index (χ3n) is 2.48. The molecule has 0 atom stereocenters. The lowest BCUT2D eigenvalue weighted by Crippen LogP contribution is -2.43. The van der Waals surface area contributed by atoms with Gasteiger partial charge in [-0.05, 0) is 12.8 Å². The van der Waals surface area contributed by atoms with Gasteiger partial charge in [0.1, 0.15) is 0 Å². The van der Waals surface area contributed by atoms with Crippen LogP contribution in [0, 0.1) is 0 Å². The summed E-state index contributed by atoms with van der Waals surface area (Å²) < 4.78 is 6.69. The highest BCUT2D eigenvalue weighted by Crippen LogP contribution is 2.25. The molecule has 0 saturated heterocycles. The van der Waals surface area contributed by atoms with Crippen LogP contribution in [0.4, 0.5) is 0 Å². The van der Waals surface area contributed by atoms with Crippen LogP contribution in [0.2, 0.25) is 16.6 Å². The van der Waals surface area contributed by atoms with Gasteiger partial charge in [-0.3, -0.25) is 0 Å². The summed E-state index contributed by atoms with van der Waals surface area (Å²) in [6, 6.07) is 0. The van der Waals surface area contributed by atoms with Crippen molar-refractivity contribution < 1.29 is 4.43 Å². The minimum Gasteiger partial charge on any atom is -0.444 e. The van der Waals surface area contributed by atoms with E-state index in [4.69, 9.17) is 16.0 Å². The van der Waals surface area contributed by atoms with E-state index < -0.39 is 5.97 Å². The highest BCUT2D eigenvalue weighted by molar-refractivity contribution is 7.21. The number of alkyl halides is 1. The van der Waals surface area contributed by atoms with Crippen LogP contribution in [-0.4, -0.2) is 38.0 Å². The number of halogens is 1. The van der Waals surface area contributed by atoms with E-state index in [1.54, 1.807) is 0 Å². The first-order valence-electron chi connectivity index (χ1n) is 6.47. The van der Waals surface area contributed by atoms with Gasteiger partial charge in [0, 0.05) is 12.5 Å². The molecule has 0 aromatic rings. The second kappa shape index (κ2) is 8.36. The third kappa shape index (κ3) is 11.7.